The van der Waals surface area contributed by atoms with E-state index in [-0.39, 0.29) is 65.9 Å². The van der Waals surface area contributed by atoms with Crippen molar-refractivity contribution in [2.24, 2.45) is 0 Å². The molecule has 0 radical (unpaired) electrons. The molecule has 11 rings (SSSR count). The number of rotatable bonds is 33. The van der Waals surface area contributed by atoms with Crippen LogP contribution < -0.4 is 10.1 Å². The third kappa shape index (κ3) is 20.6. The quantitative estimate of drug-likeness (QED) is 0.0386. The zero-order valence-corrected chi connectivity index (χ0v) is 53.2. The van der Waals surface area contributed by atoms with Crippen LogP contribution in [-0.4, -0.2) is 99.8 Å². The fraction of sp³-hybridized carbons (Fsp3) is 0.291. The van der Waals surface area contributed by atoms with Gasteiger partial charge in [0.2, 0.25) is 12.6 Å². The molecule has 11 atom stereocenters. The maximum absolute atomic E-state index is 14.6. The molecule has 9 aromatic carbocycles. The Labute approximate surface area is 555 Å². The lowest BCUT2D eigenvalue weighted by Gasteiger charge is -2.45. The lowest BCUT2D eigenvalue weighted by molar-refractivity contribution is -0.315. The summed E-state index contributed by atoms with van der Waals surface area (Å²) in [5, 5.41) is 2.79. The van der Waals surface area contributed by atoms with Crippen LogP contribution in [0.25, 0.3) is 0 Å². The van der Waals surface area contributed by atoms with Crippen molar-refractivity contribution in [1.29, 1.82) is 0 Å². The van der Waals surface area contributed by atoms with Gasteiger partial charge in [-0.2, -0.15) is 0 Å². The topological polar surface area (TPSA) is 166 Å². The van der Waals surface area contributed by atoms with Crippen molar-refractivity contribution in [2.45, 2.75) is 127 Å². The molecule has 2 heterocycles. The van der Waals surface area contributed by atoms with Gasteiger partial charge in [0, 0.05) is 6.42 Å². The average molecular weight is 1280 g/mol. The van der Waals surface area contributed by atoms with E-state index in [1.54, 1.807) is 24.3 Å². The predicted molar refractivity (Wildman–Crippen MR) is 356 cm³/mol. The summed E-state index contributed by atoms with van der Waals surface area (Å²) < 4.78 is 86.2. The lowest BCUT2D eigenvalue weighted by Crippen LogP contribution is -2.62. The van der Waals surface area contributed by atoms with E-state index in [9.17, 15) is 9.59 Å². The number of ether oxygens (including phenoxy) is 13. The predicted octanol–water partition coefficient (Wildman–Crippen LogP) is 13.3. The van der Waals surface area contributed by atoms with E-state index < -0.39 is 79.5 Å². The first-order valence-corrected chi connectivity index (χ1v) is 32.2. The molecule has 0 aromatic heterocycles. The van der Waals surface area contributed by atoms with Crippen LogP contribution in [0.5, 0.6) is 5.75 Å². The first-order chi connectivity index (χ1) is 46.9. The van der Waals surface area contributed by atoms with Crippen molar-refractivity contribution < 1.29 is 71.2 Å². The van der Waals surface area contributed by atoms with Crippen LogP contribution in [0.4, 0.5) is 4.79 Å². The average Bonchev–Trinajstić information content (AvgIpc) is 0.812. The van der Waals surface area contributed by atoms with E-state index >= 15 is 0 Å². The third-order valence-electron chi connectivity index (χ3n) is 16.3. The van der Waals surface area contributed by atoms with Crippen LogP contribution in [0.1, 0.15) is 50.1 Å². The molecule has 16 heteroatoms. The first kappa shape index (κ1) is 67.5. The highest BCUT2D eigenvalue weighted by Gasteiger charge is 2.52. The minimum absolute atomic E-state index is 0.00488. The van der Waals surface area contributed by atoms with Crippen LogP contribution in [0.2, 0.25) is 0 Å². The first-order valence-electron chi connectivity index (χ1n) is 32.2. The zero-order valence-electron chi connectivity index (χ0n) is 53.2. The Hall–Kier alpha value is -8.88. The van der Waals surface area contributed by atoms with Gasteiger partial charge >= 0.3 is 12.1 Å². The molecular formula is C79H81NO15. The second-order valence-electron chi connectivity index (χ2n) is 23.2. The highest BCUT2D eigenvalue weighted by molar-refractivity contribution is 5.81. The Balaban J connectivity index is 0.841. The van der Waals surface area contributed by atoms with Crippen LogP contribution in [0.15, 0.2) is 267 Å². The molecule has 2 aliphatic rings. The van der Waals surface area contributed by atoms with Gasteiger partial charge in [0.25, 0.3) is 0 Å². The smallest absolute Gasteiger partial charge is 0.410 e. The molecule has 0 saturated carbocycles. The molecule has 2 saturated heterocycles. The maximum Gasteiger partial charge on any atom is 0.410 e. The molecule has 2 fully saturated rings. The Kier molecular flexibility index (Phi) is 25.7. The van der Waals surface area contributed by atoms with Crippen molar-refractivity contribution >= 4 is 12.1 Å². The number of hydrogen-bond donors (Lipinski definition) is 1. The van der Waals surface area contributed by atoms with Crippen LogP contribution >= 0.6 is 0 Å². The summed E-state index contributed by atoms with van der Waals surface area (Å²) >= 11 is 0. The van der Waals surface area contributed by atoms with Crippen LogP contribution in [0, 0.1) is 0 Å². The van der Waals surface area contributed by atoms with E-state index in [0.29, 0.717) is 17.9 Å². The van der Waals surface area contributed by atoms with Gasteiger partial charge in [-0.05, 0) is 62.2 Å². The van der Waals surface area contributed by atoms with Gasteiger partial charge in [-0.1, -0.05) is 255 Å². The van der Waals surface area contributed by atoms with Gasteiger partial charge in [0.15, 0.2) is 0 Å². The van der Waals surface area contributed by atoms with Crippen molar-refractivity contribution in [1.82, 2.24) is 5.32 Å². The van der Waals surface area contributed by atoms with Gasteiger partial charge in [-0.25, -0.2) is 9.59 Å². The largest absolute Gasteiger partial charge is 0.467 e. The minimum Gasteiger partial charge on any atom is -0.467 e. The number of methoxy groups -OCH3 is 1. The highest BCUT2D eigenvalue weighted by atomic mass is 16.7. The van der Waals surface area contributed by atoms with Crippen LogP contribution in [-0.2, 0) is 121 Å². The highest BCUT2D eigenvalue weighted by Crippen LogP contribution is 2.35. The van der Waals surface area contributed by atoms with Crippen molar-refractivity contribution in [3.63, 3.8) is 0 Å². The Morgan fingerprint density at radius 2 is 0.642 bits per heavy atom. The number of carbonyl (C=O) groups is 2. The molecule has 95 heavy (non-hydrogen) atoms. The second kappa shape index (κ2) is 36.1. The Bertz CT molecular complexity index is 3630. The molecule has 16 nitrogen and oxygen atoms in total. The van der Waals surface area contributed by atoms with E-state index in [2.05, 4.69) is 5.32 Å². The normalized spacial score (nSPS) is 21.2. The number of benzene rings is 9. The molecule has 1 amide bonds. The van der Waals surface area contributed by atoms with Gasteiger partial charge in [-0.3, -0.25) is 0 Å². The number of hydrogen-bond acceptors (Lipinski definition) is 15. The Morgan fingerprint density at radius 1 is 0.347 bits per heavy atom. The number of nitrogens with one attached hydrogen (secondary N) is 1. The molecule has 2 aliphatic heterocycles. The molecular weight excluding hydrogens is 1200 g/mol. The summed E-state index contributed by atoms with van der Waals surface area (Å²) in [5.41, 5.74) is 8.18. The number of carbonyl (C=O) groups excluding carboxylic acids is 2. The molecule has 9 aromatic rings. The zero-order chi connectivity index (χ0) is 65.1. The van der Waals surface area contributed by atoms with E-state index in [1.165, 1.54) is 7.11 Å². The number of esters is 1. The third-order valence-corrected chi connectivity index (χ3v) is 16.3. The number of alkyl carbamates (subject to hydrolysis) is 1. The monoisotopic (exact) mass is 1280 g/mol. The van der Waals surface area contributed by atoms with Crippen LogP contribution in [0.3, 0.4) is 0 Å². The number of amides is 1. The Morgan fingerprint density at radius 3 is 0.979 bits per heavy atom. The minimum atomic E-state index is -1.40. The van der Waals surface area contributed by atoms with Gasteiger partial charge < -0.3 is 66.9 Å². The SMILES string of the molecule is COC(=O)[C@@H](Cc1ccc(O[C@@H]2OC(COCc3ccccc3)[C@@H](OCc3ccccc3)C(OCc3ccccc3)C2OCc2ccccc2)cc1)NC(=O)O[C@H]1OC(COCc2ccccc2)[C@@H](OCc2ccccc2)C(OCc2ccccc2)C1OCc1ccccc1. The molecule has 6 unspecified atom stereocenters. The summed E-state index contributed by atoms with van der Waals surface area (Å²) in [4.78, 5) is 28.4. The van der Waals surface area contributed by atoms with Crippen molar-refractivity contribution in [2.75, 3.05) is 20.3 Å². The molecule has 0 spiro atoms. The molecule has 1 N–H and O–H groups in total. The summed E-state index contributed by atoms with van der Waals surface area (Å²) in [6, 6.07) is 84.6. The van der Waals surface area contributed by atoms with Crippen molar-refractivity contribution in [3.8, 4) is 5.75 Å². The van der Waals surface area contributed by atoms with E-state index in [4.69, 9.17) is 61.6 Å². The summed E-state index contributed by atoms with van der Waals surface area (Å²) in [6.45, 7) is 1.99. The molecule has 0 aliphatic carbocycles. The second-order valence-corrected chi connectivity index (χ2v) is 23.2. The van der Waals surface area contributed by atoms with Crippen molar-refractivity contribution in [3.05, 3.63) is 317 Å². The van der Waals surface area contributed by atoms with E-state index in [0.717, 1.165) is 44.5 Å². The fourth-order valence-electron chi connectivity index (χ4n) is 11.4. The van der Waals surface area contributed by atoms with Gasteiger partial charge in [0.1, 0.15) is 60.6 Å². The lowest BCUT2D eigenvalue weighted by atomic mass is 9.97. The van der Waals surface area contributed by atoms with Gasteiger partial charge in [-0.15, -0.1) is 0 Å². The summed E-state index contributed by atoms with van der Waals surface area (Å²) in [5.74, 6) is -0.286. The maximum atomic E-state index is 14.6. The molecule has 492 valence electrons. The molecule has 0 bridgehead atoms. The standard InChI is InChI=1S/C79H81NO15/c1-83-76(81)67(80-79(82)95-78-75(91-54-65-40-24-9-25-41-65)73(89-52-63-36-20-7-21-37-63)71(87-50-61-32-16-5-17-33-61)69(94-78)56-85-48-59-28-12-3-13-29-59)46-57-42-44-66(45-43-57)92-77-74(90-53-64-38-22-8-23-39-64)72(88-51-62-34-18-6-19-35-62)70(86-49-60-30-14-4-15-31-60)68(93-77)55-84-47-58-26-10-2-11-27-58/h2-45,67-75,77-78H,46-56H2,1H3,(H,80,82)/t67-,68?,69?,70-,71-,72?,73?,74?,75?,77-,78-/m1/s1. The van der Waals surface area contributed by atoms with E-state index in [1.807, 2.05) is 243 Å². The fourth-order valence-corrected chi connectivity index (χ4v) is 11.4. The van der Waals surface area contributed by atoms with Gasteiger partial charge in [0.05, 0.1) is 73.2 Å². The summed E-state index contributed by atoms with van der Waals surface area (Å²) in [7, 11) is 1.26. The summed E-state index contributed by atoms with van der Waals surface area (Å²) in [6.07, 6.45) is -9.96.